The fourth-order valence-electron chi connectivity index (χ4n) is 3.80. The van der Waals surface area contributed by atoms with E-state index in [1.54, 1.807) is 0 Å². The van der Waals surface area contributed by atoms with Gasteiger partial charge in [-0.15, -0.1) is 0 Å². The molecule has 4 rings (SSSR count). The van der Waals surface area contributed by atoms with Crippen molar-refractivity contribution in [3.63, 3.8) is 0 Å². The van der Waals surface area contributed by atoms with Crippen molar-refractivity contribution >= 4 is 18.2 Å². The van der Waals surface area contributed by atoms with Gasteiger partial charge in [0, 0.05) is 18.8 Å². The van der Waals surface area contributed by atoms with E-state index < -0.39 is 5.97 Å². The predicted molar refractivity (Wildman–Crippen MR) is 132 cm³/mol. The highest BCUT2D eigenvalue weighted by atomic mass is 16.4. The summed E-state index contributed by atoms with van der Waals surface area (Å²) in [5.74, 6) is 0.237. The summed E-state index contributed by atoms with van der Waals surface area (Å²) < 4.78 is 0. The number of anilines is 1. The van der Waals surface area contributed by atoms with Crippen LogP contribution >= 0.6 is 0 Å². The van der Waals surface area contributed by atoms with Crippen molar-refractivity contribution < 1.29 is 14.7 Å². The first kappa shape index (κ1) is 26.3. The van der Waals surface area contributed by atoms with Crippen LogP contribution in [0.4, 0.5) is 5.82 Å². The van der Waals surface area contributed by atoms with Crippen molar-refractivity contribution in [1.82, 2.24) is 15.2 Å². The number of fused-ring (bicyclic) bond motifs is 1. The smallest absolute Gasteiger partial charge is 0.305 e. The van der Waals surface area contributed by atoms with Crippen molar-refractivity contribution in [3.05, 3.63) is 59.8 Å². The summed E-state index contributed by atoms with van der Waals surface area (Å²) in [5, 5.41) is 13.6. The topological polar surface area (TPSA) is 94.6 Å². The molecule has 0 atom stereocenters. The molecule has 0 radical (unpaired) electrons. The maximum absolute atomic E-state index is 9.72. The summed E-state index contributed by atoms with van der Waals surface area (Å²) in [6, 6.07) is 16.5. The lowest BCUT2D eigenvalue weighted by Crippen LogP contribution is -2.30. The molecule has 2 aliphatic heterocycles. The Labute approximate surface area is 197 Å². The number of aliphatic carboxylic acids is 1. The van der Waals surface area contributed by atoms with Gasteiger partial charge in [0.2, 0.25) is 6.41 Å². The molecule has 7 heteroatoms. The Hall–Kier alpha value is -2.93. The van der Waals surface area contributed by atoms with Crippen LogP contribution in [0, 0.1) is 0 Å². The van der Waals surface area contributed by atoms with Crippen LogP contribution in [0.2, 0.25) is 0 Å². The van der Waals surface area contributed by atoms with Crippen LogP contribution in [0.3, 0.4) is 0 Å². The summed E-state index contributed by atoms with van der Waals surface area (Å²) >= 11 is 0. The molecule has 1 aromatic carbocycles. The summed E-state index contributed by atoms with van der Waals surface area (Å²) in [7, 11) is 0. The van der Waals surface area contributed by atoms with Gasteiger partial charge in [0.25, 0.3) is 0 Å². The molecule has 2 aliphatic rings. The number of carbonyl (C=O) groups excluding carboxylic acids is 1. The molecule has 180 valence electrons. The van der Waals surface area contributed by atoms with Crippen molar-refractivity contribution in [2.75, 3.05) is 38.0 Å². The number of likely N-dealkylation sites (tertiary alicyclic amines) is 1. The molecule has 3 N–H and O–H groups in total. The van der Waals surface area contributed by atoms with Crippen LogP contribution < -0.4 is 10.6 Å². The highest BCUT2D eigenvalue weighted by Gasteiger charge is 2.12. The van der Waals surface area contributed by atoms with Crippen LogP contribution in [0.25, 0.3) is 0 Å². The molecule has 33 heavy (non-hydrogen) atoms. The van der Waals surface area contributed by atoms with E-state index in [2.05, 4.69) is 27.7 Å². The van der Waals surface area contributed by atoms with Crippen molar-refractivity contribution in [2.24, 2.45) is 0 Å². The number of hydrogen-bond acceptors (Lipinski definition) is 5. The second-order valence-electron chi connectivity index (χ2n) is 8.22. The molecule has 0 aliphatic carbocycles. The number of amides is 1. The highest BCUT2D eigenvalue weighted by molar-refractivity contribution is 5.67. The molecule has 0 bridgehead atoms. The molecule has 1 amide bonds. The quantitative estimate of drug-likeness (QED) is 0.415. The lowest BCUT2D eigenvalue weighted by Gasteiger charge is -2.26. The average Bonchev–Trinajstić information content (AvgIpc) is 2.86. The van der Waals surface area contributed by atoms with Gasteiger partial charge in [-0.3, -0.25) is 9.59 Å². The number of carboxylic acids is 1. The molecule has 0 saturated carbocycles. The van der Waals surface area contributed by atoms with E-state index >= 15 is 0 Å². The standard InChI is InChI=1S/C16H25N3.C6H6.C4H7NO3/c1-2-11-19(12-3-1)13-5-7-15-9-8-14-6-4-10-17-16(14)18-15;1-2-4-6-5-3-1;6-3-5-2-1-4(7)8/h8-9H,1-7,10-13H2,(H,17,18);1-6H;3H,1-2H2,(H,5,6)(H,7,8). The molecular weight excluding hydrogens is 416 g/mol. The molecule has 0 unspecified atom stereocenters. The number of nitrogens with one attached hydrogen (secondary N) is 2. The Morgan fingerprint density at radius 1 is 1.06 bits per heavy atom. The van der Waals surface area contributed by atoms with Gasteiger partial charge in [0.15, 0.2) is 0 Å². The van der Waals surface area contributed by atoms with Crippen molar-refractivity contribution in [1.29, 1.82) is 0 Å². The van der Waals surface area contributed by atoms with E-state index in [4.69, 9.17) is 10.1 Å². The van der Waals surface area contributed by atoms with Gasteiger partial charge in [0.1, 0.15) is 5.82 Å². The first-order chi connectivity index (χ1) is 16.2. The minimum Gasteiger partial charge on any atom is -0.481 e. The molecule has 1 fully saturated rings. The van der Waals surface area contributed by atoms with Gasteiger partial charge in [-0.05, 0) is 69.8 Å². The number of hydrogen-bond donors (Lipinski definition) is 3. The van der Waals surface area contributed by atoms with Crippen molar-refractivity contribution in [3.8, 4) is 0 Å². The maximum Gasteiger partial charge on any atom is 0.305 e. The van der Waals surface area contributed by atoms with Gasteiger partial charge < -0.3 is 20.6 Å². The number of piperidine rings is 1. The molecule has 2 aromatic rings. The molecule has 0 spiro atoms. The van der Waals surface area contributed by atoms with Crippen LogP contribution in [0.5, 0.6) is 0 Å². The Bertz CT molecular complexity index is 769. The molecule has 1 aromatic heterocycles. The molecule has 7 nitrogen and oxygen atoms in total. The van der Waals surface area contributed by atoms with E-state index in [-0.39, 0.29) is 13.0 Å². The lowest BCUT2D eigenvalue weighted by molar-refractivity contribution is -0.136. The fourth-order valence-corrected chi connectivity index (χ4v) is 3.80. The van der Waals surface area contributed by atoms with Crippen LogP contribution in [-0.2, 0) is 22.4 Å². The lowest BCUT2D eigenvalue weighted by atomic mass is 10.1. The zero-order chi connectivity index (χ0) is 23.6. The number of carboxylic acid groups (broad SMARTS) is 1. The summed E-state index contributed by atoms with van der Waals surface area (Å²) in [4.78, 5) is 26.6. The third-order valence-corrected chi connectivity index (χ3v) is 5.54. The number of benzene rings is 1. The van der Waals surface area contributed by atoms with Gasteiger partial charge in [-0.25, -0.2) is 4.98 Å². The maximum atomic E-state index is 9.72. The van der Waals surface area contributed by atoms with E-state index in [1.807, 2.05) is 36.4 Å². The first-order valence-electron chi connectivity index (χ1n) is 12.0. The first-order valence-corrected chi connectivity index (χ1v) is 12.0. The van der Waals surface area contributed by atoms with E-state index in [9.17, 15) is 9.59 Å². The zero-order valence-electron chi connectivity index (χ0n) is 19.5. The number of aryl methyl sites for hydroxylation is 2. The largest absolute Gasteiger partial charge is 0.481 e. The van der Waals surface area contributed by atoms with Gasteiger partial charge in [-0.2, -0.15) is 0 Å². The monoisotopic (exact) mass is 454 g/mol. The second-order valence-corrected chi connectivity index (χ2v) is 8.22. The molecular formula is C26H38N4O3. The Balaban J connectivity index is 0.000000227. The second kappa shape index (κ2) is 16.7. The van der Waals surface area contributed by atoms with Crippen LogP contribution in [0.1, 0.15) is 49.8 Å². The highest BCUT2D eigenvalue weighted by Crippen LogP contribution is 2.20. The number of carbonyl (C=O) groups is 2. The Morgan fingerprint density at radius 2 is 1.76 bits per heavy atom. The number of aromatic nitrogens is 1. The minimum absolute atomic E-state index is 0.0151. The third-order valence-electron chi connectivity index (χ3n) is 5.54. The third kappa shape index (κ3) is 12.0. The van der Waals surface area contributed by atoms with E-state index in [0.717, 1.165) is 18.8 Å². The normalized spacial score (nSPS) is 14.8. The Kier molecular flexibility index (Phi) is 13.3. The van der Waals surface area contributed by atoms with Crippen molar-refractivity contribution in [2.45, 2.75) is 51.4 Å². The van der Waals surface area contributed by atoms with E-state index in [1.165, 1.54) is 69.4 Å². The zero-order valence-corrected chi connectivity index (χ0v) is 19.5. The average molecular weight is 455 g/mol. The predicted octanol–water partition coefficient (Wildman–Crippen LogP) is 3.75. The van der Waals surface area contributed by atoms with Crippen LogP contribution in [0.15, 0.2) is 48.5 Å². The number of pyridine rings is 1. The fraction of sp³-hybridized carbons (Fsp3) is 0.500. The van der Waals surface area contributed by atoms with E-state index in [0.29, 0.717) is 6.41 Å². The summed E-state index contributed by atoms with van der Waals surface area (Å²) in [5.41, 5.74) is 2.65. The minimum atomic E-state index is -0.903. The number of rotatable bonds is 8. The number of nitrogens with zero attached hydrogens (tertiary/aromatic N) is 2. The van der Waals surface area contributed by atoms with Gasteiger partial charge >= 0.3 is 5.97 Å². The summed E-state index contributed by atoms with van der Waals surface area (Å²) in [6.07, 6.45) is 9.45. The van der Waals surface area contributed by atoms with Gasteiger partial charge in [-0.1, -0.05) is 48.9 Å². The van der Waals surface area contributed by atoms with Gasteiger partial charge in [0.05, 0.1) is 6.42 Å². The molecule has 3 heterocycles. The van der Waals surface area contributed by atoms with Crippen LogP contribution in [-0.4, -0.2) is 60.1 Å². The molecule has 1 saturated heterocycles. The Morgan fingerprint density at radius 3 is 2.39 bits per heavy atom. The summed E-state index contributed by atoms with van der Waals surface area (Å²) in [6.45, 7) is 5.14. The SMILES string of the molecule is O=CNCCC(=O)O.c1cc2c(nc1CCCN1CCCCC1)NCCC2.c1ccccc1.